The quantitative estimate of drug-likeness (QED) is 0.645. The number of benzene rings is 1. The highest BCUT2D eigenvalue weighted by Crippen LogP contribution is 2.66. The van der Waals surface area contributed by atoms with E-state index in [2.05, 4.69) is 4.90 Å². The van der Waals surface area contributed by atoms with Gasteiger partial charge in [-0.1, -0.05) is 6.07 Å². The molecule has 35 heavy (non-hydrogen) atoms. The van der Waals surface area contributed by atoms with Crippen molar-refractivity contribution in [3.63, 3.8) is 0 Å². The molecule has 1 amide bonds. The summed E-state index contributed by atoms with van der Waals surface area (Å²) in [5.74, 6) is 1.28. The number of hydrogen-bond donors (Lipinski definition) is 2. The Morgan fingerprint density at radius 2 is 2.11 bits per heavy atom. The van der Waals surface area contributed by atoms with E-state index in [9.17, 15) is 15.0 Å². The van der Waals surface area contributed by atoms with Crippen LogP contribution in [-0.2, 0) is 16.6 Å². The van der Waals surface area contributed by atoms with Gasteiger partial charge < -0.3 is 24.3 Å². The summed E-state index contributed by atoms with van der Waals surface area (Å²) in [4.78, 5) is 17.5. The first kappa shape index (κ1) is 21.5. The summed E-state index contributed by atoms with van der Waals surface area (Å²) in [5.41, 5.74) is 1.44. The lowest BCUT2D eigenvalue weighted by atomic mass is 9.48. The number of aromatic hydroxyl groups is 1. The van der Waals surface area contributed by atoms with Crippen molar-refractivity contribution in [2.45, 2.75) is 67.7 Å². The number of aliphatic hydroxyl groups is 1. The zero-order valence-corrected chi connectivity index (χ0v) is 20.0. The normalized spacial score (nSPS) is 35.1. The van der Waals surface area contributed by atoms with Gasteiger partial charge in [0.1, 0.15) is 6.10 Å². The molecule has 2 saturated carbocycles. The molecule has 3 aliphatic carbocycles. The van der Waals surface area contributed by atoms with Crippen molar-refractivity contribution in [2.75, 3.05) is 20.1 Å². The molecule has 0 unspecified atom stereocenters. The Labute approximate surface area is 205 Å². The topological polar surface area (TPSA) is 86.4 Å². The average Bonchev–Trinajstić information content (AvgIpc) is 3.36. The second-order valence-electron chi connectivity index (χ2n) is 11.2. The van der Waals surface area contributed by atoms with E-state index in [1.807, 2.05) is 19.2 Å². The zero-order chi connectivity index (χ0) is 23.9. The number of phenolic OH excluding ortho intramolecular Hbond substituents is 1. The van der Waals surface area contributed by atoms with Gasteiger partial charge in [-0.25, -0.2) is 0 Å². The number of likely N-dealkylation sites (N-methyl/N-ethyl adjacent to an activating group) is 1. The molecule has 7 rings (SSSR count). The van der Waals surface area contributed by atoms with Crippen LogP contribution in [0, 0.1) is 5.92 Å². The molecule has 7 nitrogen and oxygen atoms in total. The van der Waals surface area contributed by atoms with Gasteiger partial charge in [0.2, 0.25) is 5.91 Å². The molecular formula is C28H32N2O5. The van der Waals surface area contributed by atoms with Gasteiger partial charge in [0.15, 0.2) is 11.5 Å². The van der Waals surface area contributed by atoms with Crippen molar-refractivity contribution < 1.29 is 24.2 Å². The van der Waals surface area contributed by atoms with Crippen LogP contribution in [-0.4, -0.2) is 69.8 Å². The third kappa shape index (κ3) is 2.88. The van der Waals surface area contributed by atoms with Crippen LogP contribution in [0.1, 0.15) is 48.8 Å². The number of rotatable bonds is 5. The number of piperidine rings is 1. The lowest BCUT2D eigenvalue weighted by molar-refractivity contribution is -0.200. The smallest absolute Gasteiger partial charge is 0.246 e. The third-order valence-electron chi connectivity index (χ3n) is 9.54. The van der Waals surface area contributed by atoms with Crippen molar-refractivity contribution in [3.05, 3.63) is 53.5 Å². The van der Waals surface area contributed by atoms with Gasteiger partial charge in [-0.2, -0.15) is 0 Å². The lowest BCUT2D eigenvalue weighted by Crippen LogP contribution is -2.78. The Morgan fingerprint density at radius 3 is 2.89 bits per heavy atom. The molecule has 2 aliphatic heterocycles. The molecule has 5 atom stereocenters. The van der Waals surface area contributed by atoms with Crippen LogP contribution < -0.4 is 4.74 Å². The maximum absolute atomic E-state index is 13.2. The molecule has 1 spiro atoms. The molecular weight excluding hydrogens is 444 g/mol. The van der Waals surface area contributed by atoms with Gasteiger partial charge in [0.25, 0.3) is 0 Å². The summed E-state index contributed by atoms with van der Waals surface area (Å²) < 4.78 is 11.7. The van der Waals surface area contributed by atoms with Gasteiger partial charge in [-0.15, -0.1) is 0 Å². The first-order valence-electron chi connectivity index (χ1n) is 12.9. The van der Waals surface area contributed by atoms with E-state index in [4.69, 9.17) is 9.15 Å². The summed E-state index contributed by atoms with van der Waals surface area (Å²) in [7, 11) is 1.82. The Kier molecular flexibility index (Phi) is 4.53. The summed E-state index contributed by atoms with van der Waals surface area (Å²) in [5, 5.41) is 23.3. The van der Waals surface area contributed by atoms with Gasteiger partial charge in [-0.05, 0) is 74.8 Å². The molecule has 1 saturated heterocycles. The van der Waals surface area contributed by atoms with Crippen LogP contribution in [0.25, 0.3) is 6.08 Å². The fraction of sp³-hybridized carbons (Fsp3) is 0.536. The number of carbonyl (C=O) groups excluding carboxylic acids is 1. The summed E-state index contributed by atoms with van der Waals surface area (Å²) in [6.45, 7) is 1.96. The number of amides is 1. The Bertz CT molecular complexity index is 1200. The number of furan rings is 1. The second-order valence-corrected chi connectivity index (χ2v) is 11.2. The van der Waals surface area contributed by atoms with E-state index in [0.717, 1.165) is 43.0 Å². The Hall–Kier alpha value is -2.77. The summed E-state index contributed by atoms with van der Waals surface area (Å²) >= 11 is 0. The monoisotopic (exact) mass is 476 g/mol. The summed E-state index contributed by atoms with van der Waals surface area (Å²) in [6, 6.07) is 5.38. The van der Waals surface area contributed by atoms with Gasteiger partial charge in [0.05, 0.1) is 29.6 Å². The molecule has 184 valence electrons. The van der Waals surface area contributed by atoms with Gasteiger partial charge >= 0.3 is 0 Å². The highest BCUT2D eigenvalue weighted by Gasteiger charge is 2.73. The van der Waals surface area contributed by atoms with Gasteiger partial charge in [-0.3, -0.25) is 9.69 Å². The van der Waals surface area contributed by atoms with E-state index in [0.29, 0.717) is 18.6 Å². The number of ether oxygens (including phenoxy) is 1. The SMILES string of the molecule is CN(C(=O)C=Cc1ccoc1)[C@@H]1CC[C@@]2(O)[C@H]3Cc4ccc(O)c5c4[C@@]2(CCN3CC2CC2)[C@H]1O5. The highest BCUT2D eigenvalue weighted by molar-refractivity contribution is 5.91. The third-order valence-corrected chi connectivity index (χ3v) is 9.54. The largest absolute Gasteiger partial charge is 0.504 e. The molecule has 0 radical (unpaired) electrons. The molecule has 5 aliphatic rings. The van der Waals surface area contributed by atoms with E-state index in [-0.39, 0.29) is 23.7 Å². The van der Waals surface area contributed by atoms with Crippen molar-refractivity contribution in [3.8, 4) is 11.5 Å². The standard InChI is InChI=1S/C28H32N2O5/c1-29(23(32)7-4-18-9-13-34-16-18)20-8-10-28(33)22-14-19-5-6-21(31)25-24(19)27(28,26(20)35-25)11-12-30(22)15-17-2-3-17/h4-7,9,13,16-17,20,22,26,31,33H,2-3,8,10-12,14-15H2,1H3/t20-,22-,26+,27+,28-/m1/s1. The summed E-state index contributed by atoms with van der Waals surface area (Å²) in [6.07, 6.45) is 11.5. The highest BCUT2D eigenvalue weighted by atomic mass is 16.5. The molecule has 7 heteroatoms. The van der Waals surface area contributed by atoms with Crippen LogP contribution in [0.15, 0.2) is 41.2 Å². The van der Waals surface area contributed by atoms with E-state index < -0.39 is 17.1 Å². The maximum atomic E-state index is 13.2. The second kappa shape index (κ2) is 7.37. The fourth-order valence-corrected chi connectivity index (χ4v) is 7.67. The average molecular weight is 477 g/mol. The zero-order valence-electron chi connectivity index (χ0n) is 20.0. The first-order valence-corrected chi connectivity index (χ1v) is 12.9. The molecule has 1 aromatic carbocycles. The maximum Gasteiger partial charge on any atom is 0.246 e. The molecule has 3 heterocycles. The van der Waals surface area contributed by atoms with Crippen molar-refractivity contribution >= 4 is 12.0 Å². The van der Waals surface area contributed by atoms with E-state index in [1.165, 1.54) is 18.4 Å². The molecule has 3 fully saturated rings. The number of hydrogen-bond acceptors (Lipinski definition) is 6. The lowest BCUT2D eigenvalue weighted by Gasteiger charge is -2.64. The Balaban J connectivity index is 1.28. The van der Waals surface area contributed by atoms with Crippen LogP contribution >= 0.6 is 0 Å². The first-order chi connectivity index (χ1) is 16.9. The van der Waals surface area contributed by atoms with Crippen LogP contribution in [0.2, 0.25) is 0 Å². The predicted molar refractivity (Wildman–Crippen MR) is 129 cm³/mol. The fourth-order valence-electron chi connectivity index (χ4n) is 7.67. The van der Waals surface area contributed by atoms with Gasteiger partial charge in [0, 0.05) is 36.8 Å². The van der Waals surface area contributed by atoms with Crippen LogP contribution in [0.3, 0.4) is 0 Å². The van der Waals surface area contributed by atoms with Crippen LogP contribution in [0.4, 0.5) is 0 Å². The minimum absolute atomic E-state index is 0.0360. The number of likely N-dealkylation sites (tertiary alicyclic amines) is 1. The minimum Gasteiger partial charge on any atom is -0.504 e. The molecule has 2 aromatic rings. The number of nitrogens with zero attached hydrogens (tertiary/aromatic N) is 2. The number of carbonyl (C=O) groups is 1. The molecule has 1 aromatic heterocycles. The van der Waals surface area contributed by atoms with E-state index >= 15 is 0 Å². The Morgan fingerprint density at radius 1 is 1.26 bits per heavy atom. The van der Waals surface area contributed by atoms with Crippen molar-refractivity contribution in [1.29, 1.82) is 0 Å². The van der Waals surface area contributed by atoms with E-state index in [1.54, 1.807) is 35.6 Å². The minimum atomic E-state index is -0.941. The van der Waals surface area contributed by atoms with Crippen molar-refractivity contribution in [1.82, 2.24) is 9.80 Å². The van der Waals surface area contributed by atoms with Crippen molar-refractivity contribution in [2.24, 2.45) is 5.92 Å². The predicted octanol–water partition coefficient (Wildman–Crippen LogP) is 3.09. The molecule has 2 N–H and O–H groups in total. The number of phenols is 1. The molecule has 2 bridgehead atoms. The van der Waals surface area contributed by atoms with Crippen LogP contribution in [0.5, 0.6) is 11.5 Å².